The van der Waals surface area contributed by atoms with E-state index in [-0.39, 0.29) is 30.2 Å². The number of nitrogens with zero attached hydrogens (tertiary/aromatic N) is 1. The van der Waals surface area contributed by atoms with Crippen LogP contribution in [0, 0.1) is 0 Å². The number of carbonyl (C=O) groups is 2. The fourth-order valence-corrected chi connectivity index (χ4v) is 5.35. The van der Waals surface area contributed by atoms with Gasteiger partial charge in [-0.25, -0.2) is 0 Å². The van der Waals surface area contributed by atoms with E-state index in [1.165, 1.54) is 11.8 Å². The van der Waals surface area contributed by atoms with Gasteiger partial charge in [0, 0.05) is 39.3 Å². The maximum Gasteiger partial charge on any atom is 0.243 e. The lowest BCUT2D eigenvalue weighted by atomic mass is 10.0. The fraction of sp³-hybridized carbons (Fsp3) is 0.310. The van der Waals surface area contributed by atoms with E-state index < -0.39 is 6.04 Å². The summed E-state index contributed by atoms with van der Waals surface area (Å²) >= 11 is 17.6. The van der Waals surface area contributed by atoms with Crippen LogP contribution in [0.15, 0.2) is 77.3 Å². The average molecular weight is 622 g/mol. The van der Waals surface area contributed by atoms with Crippen LogP contribution < -0.4 is 5.32 Å². The molecule has 0 saturated carbocycles. The molecule has 2 atom stereocenters. The molecule has 0 fully saturated rings. The van der Waals surface area contributed by atoms with E-state index in [0.717, 1.165) is 27.6 Å². The van der Waals surface area contributed by atoms with Gasteiger partial charge in [0.1, 0.15) is 6.04 Å². The maximum atomic E-state index is 13.7. The van der Waals surface area contributed by atoms with Crippen molar-refractivity contribution >= 4 is 62.7 Å². The Morgan fingerprint density at radius 1 is 1.00 bits per heavy atom. The van der Waals surface area contributed by atoms with Crippen molar-refractivity contribution in [3.8, 4) is 0 Å². The third-order valence-electron chi connectivity index (χ3n) is 6.04. The third kappa shape index (κ3) is 9.36. The predicted molar refractivity (Wildman–Crippen MR) is 159 cm³/mol. The van der Waals surface area contributed by atoms with Crippen LogP contribution in [0.4, 0.5) is 0 Å². The van der Waals surface area contributed by atoms with Crippen molar-refractivity contribution in [2.45, 2.75) is 51.1 Å². The number of benzene rings is 3. The summed E-state index contributed by atoms with van der Waals surface area (Å²) in [5, 5.41) is 4.07. The van der Waals surface area contributed by atoms with Gasteiger partial charge in [0.05, 0.1) is 5.75 Å². The Balaban J connectivity index is 1.88. The topological polar surface area (TPSA) is 49.4 Å². The first-order valence-electron chi connectivity index (χ1n) is 12.2. The van der Waals surface area contributed by atoms with Crippen molar-refractivity contribution in [1.29, 1.82) is 0 Å². The van der Waals surface area contributed by atoms with Crippen LogP contribution in [0.3, 0.4) is 0 Å². The van der Waals surface area contributed by atoms with Crippen LogP contribution in [0.5, 0.6) is 0 Å². The van der Waals surface area contributed by atoms with Crippen LogP contribution in [-0.4, -0.2) is 34.6 Å². The molecule has 1 N–H and O–H groups in total. The van der Waals surface area contributed by atoms with Crippen LogP contribution in [0.25, 0.3) is 0 Å². The van der Waals surface area contributed by atoms with E-state index >= 15 is 0 Å². The summed E-state index contributed by atoms with van der Waals surface area (Å²) in [5.74, 6) is 0.642. The number of rotatable bonds is 12. The molecular weight excluding hydrogens is 591 g/mol. The lowest BCUT2D eigenvalue weighted by Crippen LogP contribution is -2.52. The predicted octanol–water partition coefficient (Wildman–Crippen LogP) is 7.54. The number of hydrogen-bond acceptors (Lipinski definition) is 3. The van der Waals surface area contributed by atoms with Crippen molar-refractivity contribution in [3.63, 3.8) is 0 Å². The summed E-state index contributed by atoms with van der Waals surface area (Å²) in [6.45, 7) is 4.19. The van der Waals surface area contributed by atoms with Gasteiger partial charge in [-0.3, -0.25) is 9.59 Å². The summed E-state index contributed by atoms with van der Waals surface area (Å²) in [6.07, 6.45) is 1.20. The fourth-order valence-electron chi connectivity index (χ4n) is 3.75. The highest BCUT2D eigenvalue weighted by Crippen LogP contribution is 2.25. The first kappa shape index (κ1) is 29.6. The monoisotopic (exact) mass is 620 g/mol. The third-order valence-corrected chi connectivity index (χ3v) is 8.14. The highest BCUT2D eigenvalue weighted by molar-refractivity contribution is 9.10. The lowest BCUT2D eigenvalue weighted by Gasteiger charge is -2.32. The number of nitrogens with one attached hydrogen (secondary N) is 1. The van der Waals surface area contributed by atoms with Crippen LogP contribution >= 0.6 is 50.9 Å². The van der Waals surface area contributed by atoms with Gasteiger partial charge in [-0.05, 0) is 54.3 Å². The van der Waals surface area contributed by atoms with Gasteiger partial charge in [0.15, 0.2) is 0 Å². The van der Waals surface area contributed by atoms with Crippen LogP contribution in [0.2, 0.25) is 10.0 Å². The molecule has 3 aromatic rings. The quantitative estimate of drug-likeness (QED) is 0.227. The van der Waals surface area contributed by atoms with E-state index in [4.69, 9.17) is 23.2 Å². The second kappa shape index (κ2) is 14.8. The Hall–Kier alpha value is -1.99. The largest absolute Gasteiger partial charge is 0.352 e. The van der Waals surface area contributed by atoms with E-state index in [2.05, 4.69) is 21.2 Å². The van der Waals surface area contributed by atoms with E-state index in [0.29, 0.717) is 22.2 Å². The Morgan fingerprint density at radius 3 is 2.35 bits per heavy atom. The SMILES string of the molecule is CC[C@H](C)NC(=O)[C@@H](Cc1ccccc1)N(Cc1ccc(Cl)cc1Cl)C(=O)CSCc1ccc(Br)cc1. The molecule has 0 spiro atoms. The summed E-state index contributed by atoms with van der Waals surface area (Å²) in [7, 11) is 0. The summed E-state index contributed by atoms with van der Waals surface area (Å²) in [5.41, 5.74) is 2.85. The van der Waals surface area contributed by atoms with Crippen LogP contribution in [0.1, 0.15) is 37.0 Å². The van der Waals surface area contributed by atoms with E-state index in [9.17, 15) is 9.59 Å². The molecular formula is C29H31BrCl2N2O2S. The maximum absolute atomic E-state index is 13.7. The van der Waals surface area contributed by atoms with Gasteiger partial charge in [-0.2, -0.15) is 0 Å². The molecule has 0 saturated heterocycles. The molecule has 0 aromatic heterocycles. The number of thioether (sulfide) groups is 1. The molecule has 8 heteroatoms. The molecule has 196 valence electrons. The summed E-state index contributed by atoms with van der Waals surface area (Å²) < 4.78 is 1.01. The normalized spacial score (nSPS) is 12.6. The van der Waals surface area contributed by atoms with E-state index in [1.807, 2.05) is 74.5 Å². The van der Waals surface area contributed by atoms with Gasteiger partial charge in [-0.15, -0.1) is 11.8 Å². The minimum Gasteiger partial charge on any atom is -0.352 e. The molecule has 0 bridgehead atoms. The molecule has 2 amide bonds. The molecule has 0 aliphatic carbocycles. The zero-order valence-electron chi connectivity index (χ0n) is 20.9. The van der Waals surface area contributed by atoms with Crippen molar-refractivity contribution in [2.24, 2.45) is 0 Å². The molecule has 0 heterocycles. The Morgan fingerprint density at radius 2 is 1.70 bits per heavy atom. The van der Waals surface area contributed by atoms with Gasteiger partial charge in [0.2, 0.25) is 11.8 Å². The second-order valence-corrected chi connectivity index (χ2v) is 11.6. The first-order valence-corrected chi connectivity index (χ1v) is 14.9. The molecule has 0 aliphatic rings. The number of halogens is 3. The molecule has 3 rings (SSSR count). The highest BCUT2D eigenvalue weighted by Gasteiger charge is 2.31. The minimum absolute atomic E-state index is 0.00590. The first-order chi connectivity index (χ1) is 17.8. The van der Waals surface area contributed by atoms with Crippen molar-refractivity contribution in [3.05, 3.63) is 104 Å². The van der Waals surface area contributed by atoms with Gasteiger partial charge >= 0.3 is 0 Å². The zero-order valence-corrected chi connectivity index (χ0v) is 24.8. The van der Waals surface area contributed by atoms with Crippen molar-refractivity contribution in [2.75, 3.05) is 5.75 Å². The second-order valence-electron chi connectivity index (χ2n) is 8.90. The Bertz CT molecular complexity index is 1180. The number of hydrogen-bond donors (Lipinski definition) is 1. The van der Waals surface area contributed by atoms with E-state index in [1.54, 1.807) is 17.0 Å². The Kier molecular flexibility index (Phi) is 11.8. The average Bonchev–Trinajstić information content (AvgIpc) is 2.88. The minimum atomic E-state index is -0.691. The molecule has 0 aliphatic heterocycles. The summed E-state index contributed by atoms with van der Waals surface area (Å²) in [6, 6.07) is 22.3. The summed E-state index contributed by atoms with van der Waals surface area (Å²) in [4.78, 5) is 28.9. The van der Waals surface area contributed by atoms with Crippen molar-refractivity contribution in [1.82, 2.24) is 10.2 Å². The van der Waals surface area contributed by atoms with Gasteiger partial charge < -0.3 is 10.2 Å². The van der Waals surface area contributed by atoms with Gasteiger partial charge in [-0.1, -0.05) is 94.6 Å². The molecule has 0 radical (unpaired) electrons. The number of amides is 2. The highest BCUT2D eigenvalue weighted by atomic mass is 79.9. The van der Waals surface area contributed by atoms with Gasteiger partial charge in [0.25, 0.3) is 0 Å². The lowest BCUT2D eigenvalue weighted by molar-refractivity contribution is -0.139. The smallest absolute Gasteiger partial charge is 0.243 e. The van der Waals surface area contributed by atoms with Crippen LogP contribution in [-0.2, 0) is 28.3 Å². The standard InChI is InChI=1S/C29H31BrCl2N2O2S/c1-3-20(2)33-29(36)27(15-21-7-5-4-6-8-21)34(17-23-11-14-25(31)16-26(23)32)28(35)19-37-18-22-9-12-24(30)13-10-22/h4-14,16,20,27H,3,15,17-19H2,1-2H3,(H,33,36)/t20-,27+/m0/s1. The molecule has 4 nitrogen and oxygen atoms in total. The molecule has 37 heavy (non-hydrogen) atoms. The zero-order chi connectivity index (χ0) is 26.8. The number of carbonyl (C=O) groups excluding carboxylic acids is 2. The molecule has 3 aromatic carbocycles. The molecule has 0 unspecified atom stereocenters. The van der Waals surface area contributed by atoms with Crippen molar-refractivity contribution < 1.29 is 9.59 Å². The Labute approximate surface area is 242 Å².